The molecule has 106 valence electrons. The molecular weight excluding hydrogens is 266 g/mol. The molecule has 3 N–H and O–H groups in total. The Bertz CT molecular complexity index is 461. The molecule has 1 atom stereocenters. The lowest BCUT2D eigenvalue weighted by atomic mass is 9.83. The highest BCUT2D eigenvalue weighted by Gasteiger charge is 2.27. The summed E-state index contributed by atoms with van der Waals surface area (Å²) < 4.78 is 0. The number of nitrogens with one attached hydrogen (secondary N) is 3. The van der Waals surface area contributed by atoms with Crippen LogP contribution in [0.3, 0.4) is 0 Å². The van der Waals surface area contributed by atoms with E-state index in [0.29, 0.717) is 12.1 Å². The number of rotatable bonds is 3. The Balaban J connectivity index is 0.00000180. The minimum Gasteiger partial charge on any atom is -0.351 e. The minimum absolute atomic E-state index is 0. The van der Waals surface area contributed by atoms with E-state index in [1.54, 1.807) is 0 Å². The number of H-pyrrole nitrogens is 1. The third kappa shape index (κ3) is 4.36. The van der Waals surface area contributed by atoms with Crippen molar-refractivity contribution in [3.63, 3.8) is 0 Å². The van der Waals surface area contributed by atoms with Crippen molar-refractivity contribution in [2.75, 3.05) is 19.6 Å². The van der Waals surface area contributed by atoms with Crippen molar-refractivity contribution in [1.29, 1.82) is 0 Å². The molecule has 0 aliphatic carbocycles. The van der Waals surface area contributed by atoms with Crippen molar-refractivity contribution < 1.29 is 4.79 Å². The van der Waals surface area contributed by atoms with Crippen molar-refractivity contribution in [2.24, 2.45) is 5.41 Å². The maximum absolute atomic E-state index is 11.9. The van der Waals surface area contributed by atoms with Crippen LogP contribution in [0.4, 0.5) is 0 Å². The first-order chi connectivity index (χ1) is 8.59. The molecule has 1 unspecified atom stereocenters. The number of hydrogen-bond donors (Lipinski definition) is 3. The fourth-order valence-electron chi connectivity index (χ4n) is 2.22. The van der Waals surface area contributed by atoms with E-state index >= 15 is 0 Å². The van der Waals surface area contributed by atoms with Gasteiger partial charge in [0, 0.05) is 25.4 Å². The van der Waals surface area contributed by atoms with Gasteiger partial charge in [-0.25, -0.2) is 0 Å². The molecule has 1 aromatic heterocycles. The molecule has 1 amide bonds. The van der Waals surface area contributed by atoms with Gasteiger partial charge in [0.05, 0.1) is 5.56 Å². The number of amides is 1. The van der Waals surface area contributed by atoms with E-state index in [1.165, 1.54) is 18.3 Å². The maximum Gasteiger partial charge on any atom is 0.252 e. The molecule has 1 saturated heterocycles. The van der Waals surface area contributed by atoms with E-state index < -0.39 is 0 Å². The summed E-state index contributed by atoms with van der Waals surface area (Å²) >= 11 is 0. The van der Waals surface area contributed by atoms with Crippen molar-refractivity contribution in [3.8, 4) is 0 Å². The van der Waals surface area contributed by atoms with E-state index in [-0.39, 0.29) is 29.3 Å². The largest absolute Gasteiger partial charge is 0.351 e. The Kier molecular flexibility index (Phi) is 5.57. The highest BCUT2D eigenvalue weighted by Crippen LogP contribution is 2.24. The summed E-state index contributed by atoms with van der Waals surface area (Å²) in [5.41, 5.74) is 0.410. The number of aromatic amines is 1. The topological polar surface area (TPSA) is 74.0 Å². The van der Waals surface area contributed by atoms with Gasteiger partial charge in [0.2, 0.25) is 5.56 Å². The lowest BCUT2D eigenvalue weighted by Crippen LogP contribution is -2.45. The third-order valence-electron chi connectivity index (χ3n) is 3.41. The molecule has 5 nitrogen and oxygen atoms in total. The zero-order valence-corrected chi connectivity index (χ0v) is 11.8. The highest BCUT2D eigenvalue weighted by molar-refractivity contribution is 5.93. The Hall–Kier alpha value is -1.33. The van der Waals surface area contributed by atoms with Gasteiger partial charge in [-0.3, -0.25) is 9.59 Å². The molecule has 0 saturated carbocycles. The number of hydrogen-bond acceptors (Lipinski definition) is 3. The third-order valence-corrected chi connectivity index (χ3v) is 3.41. The first-order valence-electron chi connectivity index (χ1n) is 6.27. The van der Waals surface area contributed by atoms with Gasteiger partial charge in [0.25, 0.3) is 5.91 Å². The SMILES string of the molecule is CC1(CNC(=O)c2ccc(=O)[nH]c2)CCCNC1.Cl. The summed E-state index contributed by atoms with van der Waals surface area (Å²) in [7, 11) is 0. The van der Waals surface area contributed by atoms with Crippen LogP contribution in [-0.2, 0) is 0 Å². The predicted octanol–water partition coefficient (Wildman–Crippen LogP) is 0.916. The number of piperidine rings is 1. The van der Waals surface area contributed by atoms with Crippen LogP contribution in [0.15, 0.2) is 23.1 Å². The van der Waals surface area contributed by atoms with Crippen LogP contribution >= 0.6 is 12.4 Å². The quantitative estimate of drug-likeness (QED) is 0.773. The van der Waals surface area contributed by atoms with Crippen molar-refractivity contribution in [3.05, 3.63) is 34.2 Å². The summed E-state index contributed by atoms with van der Waals surface area (Å²) in [5, 5.41) is 6.28. The average Bonchev–Trinajstić information content (AvgIpc) is 2.38. The summed E-state index contributed by atoms with van der Waals surface area (Å²) in [4.78, 5) is 25.3. The molecular formula is C13H20ClN3O2. The van der Waals surface area contributed by atoms with Crippen LogP contribution in [0.5, 0.6) is 0 Å². The number of aromatic nitrogens is 1. The summed E-state index contributed by atoms with van der Waals surface area (Å²) in [6.07, 6.45) is 3.70. The van der Waals surface area contributed by atoms with Crippen LogP contribution in [0.25, 0.3) is 0 Å². The molecule has 1 aliphatic rings. The summed E-state index contributed by atoms with van der Waals surface area (Å²) in [5.74, 6) is -0.141. The molecule has 0 radical (unpaired) electrons. The Morgan fingerprint density at radius 3 is 2.84 bits per heavy atom. The standard InChI is InChI=1S/C13H19N3O2.ClH/c1-13(5-2-6-14-8-13)9-16-12(18)10-3-4-11(17)15-7-10;/h3-4,7,14H,2,5-6,8-9H2,1H3,(H,15,17)(H,16,18);1H. The molecule has 19 heavy (non-hydrogen) atoms. The number of carbonyl (C=O) groups excluding carboxylic acids is 1. The normalized spacial score (nSPS) is 22.4. The fraction of sp³-hybridized carbons (Fsp3) is 0.538. The zero-order chi connectivity index (χ0) is 13.0. The molecule has 2 heterocycles. The van der Waals surface area contributed by atoms with Gasteiger partial charge < -0.3 is 15.6 Å². The molecule has 6 heteroatoms. The van der Waals surface area contributed by atoms with Gasteiger partial charge in [-0.1, -0.05) is 6.92 Å². The second-order valence-electron chi connectivity index (χ2n) is 5.22. The molecule has 0 aromatic carbocycles. The lowest BCUT2D eigenvalue weighted by Gasteiger charge is -2.34. The molecule has 1 fully saturated rings. The van der Waals surface area contributed by atoms with Crippen LogP contribution in [-0.4, -0.2) is 30.5 Å². The average molecular weight is 286 g/mol. The molecule has 1 aromatic rings. The number of halogens is 1. The first kappa shape index (κ1) is 15.7. The molecule has 2 rings (SSSR count). The second kappa shape index (κ2) is 6.73. The fourth-order valence-corrected chi connectivity index (χ4v) is 2.22. The zero-order valence-electron chi connectivity index (χ0n) is 11.0. The lowest BCUT2D eigenvalue weighted by molar-refractivity contribution is 0.0924. The van der Waals surface area contributed by atoms with E-state index in [9.17, 15) is 9.59 Å². The van der Waals surface area contributed by atoms with Gasteiger partial charge in [-0.05, 0) is 30.9 Å². The Labute approximate surface area is 118 Å². The second-order valence-corrected chi connectivity index (χ2v) is 5.22. The van der Waals surface area contributed by atoms with E-state index in [1.807, 2.05) is 0 Å². The van der Waals surface area contributed by atoms with E-state index in [2.05, 4.69) is 22.5 Å². The van der Waals surface area contributed by atoms with Crippen LogP contribution in [0, 0.1) is 5.41 Å². The Morgan fingerprint density at radius 1 is 1.47 bits per heavy atom. The van der Waals surface area contributed by atoms with Gasteiger partial charge in [-0.15, -0.1) is 12.4 Å². The smallest absolute Gasteiger partial charge is 0.252 e. The van der Waals surface area contributed by atoms with Gasteiger partial charge in [-0.2, -0.15) is 0 Å². The van der Waals surface area contributed by atoms with Gasteiger partial charge >= 0.3 is 0 Å². The summed E-state index contributed by atoms with van der Waals surface area (Å²) in [6, 6.07) is 2.90. The number of pyridine rings is 1. The van der Waals surface area contributed by atoms with Crippen molar-refractivity contribution in [1.82, 2.24) is 15.6 Å². The Morgan fingerprint density at radius 2 is 2.26 bits per heavy atom. The van der Waals surface area contributed by atoms with E-state index in [4.69, 9.17) is 0 Å². The monoisotopic (exact) mass is 285 g/mol. The number of carbonyl (C=O) groups is 1. The van der Waals surface area contributed by atoms with E-state index in [0.717, 1.165) is 25.9 Å². The van der Waals surface area contributed by atoms with Crippen molar-refractivity contribution >= 4 is 18.3 Å². The van der Waals surface area contributed by atoms with Gasteiger partial charge in [0.15, 0.2) is 0 Å². The first-order valence-corrected chi connectivity index (χ1v) is 6.27. The minimum atomic E-state index is -0.199. The van der Waals surface area contributed by atoms with Crippen LogP contribution in [0.1, 0.15) is 30.1 Å². The summed E-state index contributed by atoms with van der Waals surface area (Å²) in [6.45, 7) is 4.81. The highest BCUT2D eigenvalue weighted by atomic mass is 35.5. The maximum atomic E-state index is 11.9. The molecule has 0 bridgehead atoms. The van der Waals surface area contributed by atoms with Crippen LogP contribution in [0.2, 0.25) is 0 Å². The molecule has 1 aliphatic heterocycles. The predicted molar refractivity (Wildman–Crippen MR) is 76.9 cm³/mol. The van der Waals surface area contributed by atoms with Crippen LogP contribution < -0.4 is 16.2 Å². The van der Waals surface area contributed by atoms with Gasteiger partial charge in [0.1, 0.15) is 0 Å². The van der Waals surface area contributed by atoms with Crippen molar-refractivity contribution in [2.45, 2.75) is 19.8 Å². The molecule has 0 spiro atoms.